The highest BCUT2D eigenvalue weighted by molar-refractivity contribution is 5.94. The molecule has 1 heterocycles. The molecule has 116 valence electrons. The van der Waals surface area contributed by atoms with E-state index < -0.39 is 6.10 Å². The van der Waals surface area contributed by atoms with Gasteiger partial charge in [-0.2, -0.15) is 0 Å². The molecule has 0 aliphatic carbocycles. The van der Waals surface area contributed by atoms with Gasteiger partial charge in [-0.3, -0.25) is 4.79 Å². The fraction of sp³-hybridized carbons (Fsp3) is 0.562. The summed E-state index contributed by atoms with van der Waals surface area (Å²) in [6.07, 6.45) is 1.56. The monoisotopic (exact) mass is 294 g/mol. The second-order valence-electron chi connectivity index (χ2n) is 5.88. The van der Waals surface area contributed by atoms with Crippen molar-refractivity contribution >= 4 is 11.6 Å². The maximum Gasteiger partial charge on any atom is 0.251 e. The molecule has 1 aliphatic rings. The highest BCUT2D eigenvalue weighted by atomic mass is 19.1. The zero-order chi connectivity index (χ0) is 15.4. The van der Waals surface area contributed by atoms with Crippen LogP contribution in [0.3, 0.4) is 0 Å². The Bertz CT molecular complexity index is 499. The van der Waals surface area contributed by atoms with Crippen LogP contribution in [0.5, 0.6) is 0 Å². The number of carbonyl (C=O) groups is 1. The van der Waals surface area contributed by atoms with E-state index in [1.54, 1.807) is 12.1 Å². The molecule has 1 saturated heterocycles. The maximum absolute atomic E-state index is 14.1. The smallest absolute Gasteiger partial charge is 0.251 e. The van der Waals surface area contributed by atoms with Gasteiger partial charge in [-0.15, -0.1) is 0 Å². The van der Waals surface area contributed by atoms with E-state index in [4.69, 9.17) is 0 Å². The normalized spacial score (nSPS) is 16.3. The van der Waals surface area contributed by atoms with Crippen molar-refractivity contribution in [1.82, 2.24) is 5.32 Å². The summed E-state index contributed by atoms with van der Waals surface area (Å²) in [6, 6.07) is 4.56. The third kappa shape index (κ3) is 3.94. The number of amides is 1. The van der Waals surface area contributed by atoms with Crippen LogP contribution in [0.4, 0.5) is 10.1 Å². The topological polar surface area (TPSA) is 52.6 Å². The Hall–Kier alpha value is -1.62. The van der Waals surface area contributed by atoms with Gasteiger partial charge in [0.05, 0.1) is 11.8 Å². The Labute approximate surface area is 125 Å². The van der Waals surface area contributed by atoms with Gasteiger partial charge in [0.15, 0.2) is 0 Å². The highest BCUT2D eigenvalue weighted by Gasteiger charge is 2.18. The van der Waals surface area contributed by atoms with Crippen molar-refractivity contribution in [3.05, 3.63) is 29.6 Å². The Morgan fingerprint density at radius 2 is 2.05 bits per heavy atom. The van der Waals surface area contributed by atoms with Gasteiger partial charge in [-0.05, 0) is 37.0 Å². The van der Waals surface area contributed by atoms with Crippen LogP contribution in [0.15, 0.2) is 18.2 Å². The first-order valence-corrected chi connectivity index (χ1v) is 7.50. The lowest BCUT2D eigenvalue weighted by atomic mass is 10.1. The van der Waals surface area contributed by atoms with Gasteiger partial charge in [0.25, 0.3) is 5.91 Å². The number of nitrogens with one attached hydrogen (secondary N) is 1. The Kier molecular flexibility index (Phi) is 5.17. The lowest BCUT2D eigenvalue weighted by Crippen LogP contribution is -2.34. The number of halogens is 1. The summed E-state index contributed by atoms with van der Waals surface area (Å²) in [6.45, 7) is 5.65. The van der Waals surface area contributed by atoms with E-state index in [1.807, 2.05) is 18.7 Å². The Morgan fingerprint density at radius 1 is 1.38 bits per heavy atom. The number of anilines is 1. The summed E-state index contributed by atoms with van der Waals surface area (Å²) in [4.78, 5) is 14.0. The highest BCUT2D eigenvalue weighted by Crippen LogP contribution is 2.24. The van der Waals surface area contributed by atoms with Crippen LogP contribution in [0, 0.1) is 11.7 Å². The molecule has 1 fully saturated rings. The van der Waals surface area contributed by atoms with Crippen molar-refractivity contribution in [1.29, 1.82) is 0 Å². The number of hydrogen-bond acceptors (Lipinski definition) is 3. The van der Waals surface area contributed by atoms with Gasteiger partial charge in [0, 0.05) is 25.2 Å². The minimum atomic E-state index is -0.595. The van der Waals surface area contributed by atoms with E-state index >= 15 is 0 Å². The SMILES string of the molecule is CC(C)C(O)CNC(=O)c1ccc(N2CCCC2)c(F)c1. The second-order valence-corrected chi connectivity index (χ2v) is 5.88. The van der Waals surface area contributed by atoms with E-state index in [-0.39, 0.29) is 29.8 Å². The fourth-order valence-electron chi connectivity index (χ4n) is 2.40. The minimum absolute atomic E-state index is 0.0691. The van der Waals surface area contributed by atoms with Gasteiger partial charge in [0.1, 0.15) is 5.82 Å². The molecular formula is C16H23FN2O2. The summed E-state index contributed by atoms with van der Waals surface area (Å²) in [5.41, 5.74) is 0.845. The number of aliphatic hydroxyl groups is 1. The molecule has 1 aromatic carbocycles. The van der Waals surface area contributed by atoms with Crippen molar-refractivity contribution in [3.8, 4) is 0 Å². The van der Waals surface area contributed by atoms with E-state index in [9.17, 15) is 14.3 Å². The van der Waals surface area contributed by atoms with E-state index in [2.05, 4.69) is 5.32 Å². The van der Waals surface area contributed by atoms with Crippen molar-refractivity contribution in [2.45, 2.75) is 32.8 Å². The average molecular weight is 294 g/mol. The number of rotatable bonds is 5. The maximum atomic E-state index is 14.1. The number of benzene rings is 1. The van der Waals surface area contributed by atoms with E-state index in [1.165, 1.54) is 6.07 Å². The molecule has 0 bridgehead atoms. The lowest BCUT2D eigenvalue weighted by Gasteiger charge is -2.19. The van der Waals surface area contributed by atoms with Gasteiger partial charge < -0.3 is 15.3 Å². The fourth-order valence-corrected chi connectivity index (χ4v) is 2.40. The predicted octanol–water partition coefficient (Wildman–Crippen LogP) is 2.17. The summed E-state index contributed by atoms with van der Waals surface area (Å²) < 4.78 is 14.1. The quantitative estimate of drug-likeness (QED) is 0.875. The molecule has 1 unspecified atom stereocenters. The molecule has 21 heavy (non-hydrogen) atoms. The van der Waals surface area contributed by atoms with Gasteiger partial charge in [0.2, 0.25) is 0 Å². The van der Waals surface area contributed by atoms with Crippen LogP contribution >= 0.6 is 0 Å². The van der Waals surface area contributed by atoms with E-state index in [0.717, 1.165) is 25.9 Å². The summed E-state index contributed by atoms with van der Waals surface area (Å²) in [5, 5.41) is 12.3. The molecule has 5 heteroatoms. The molecule has 0 radical (unpaired) electrons. The first-order chi connectivity index (χ1) is 9.99. The zero-order valence-electron chi connectivity index (χ0n) is 12.6. The lowest BCUT2D eigenvalue weighted by molar-refractivity contribution is 0.0871. The Morgan fingerprint density at radius 3 is 2.62 bits per heavy atom. The van der Waals surface area contributed by atoms with E-state index in [0.29, 0.717) is 5.69 Å². The van der Waals surface area contributed by atoms with Crippen LogP contribution < -0.4 is 10.2 Å². The molecule has 1 aromatic rings. The van der Waals surface area contributed by atoms with Crippen LogP contribution in [0.1, 0.15) is 37.0 Å². The van der Waals surface area contributed by atoms with Gasteiger partial charge in [-0.1, -0.05) is 13.8 Å². The molecule has 2 rings (SSSR count). The summed E-state index contributed by atoms with van der Waals surface area (Å²) in [5.74, 6) is -0.657. The van der Waals surface area contributed by atoms with Crippen molar-refractivity contribution in [2.75, 3.05) is 24.5 Å². The van der Waals surface area contributed by atoms with Crippen LogP contribution in [0.2, 0.25) is 0 Å². The first kappa shape index (κ1) is 15.8. The van der Waals surface area contributed by atoms with Gasteiger partial charge >= 0.3 is 0 Å². The van der Waals surface area contributed by atoms with Crippen molar-refractivity contribution < 1.29 is 14.3 Å². The molecule has 0 spiro atoms. The third-order valence-electron chi connectivity index (χ3n) is 3.90. The van der Waals surface area contributed by atoms with Crippen LogP contribution in [-0.2, 0) is 0 Å². The number of aliphatic hydroxyl groups excluding tert-OH is 1. The molecular weight excluding hydrogens is 271 g/mol. The zero-order valence-corrected chi connectivity index (χ0v) is 12.6. The summed E-state index contributed by atoms with van der Waals surface area (Å²) >= 11 is 0. The van der Waals surface area contributed by atoms with Crippen molar-refractivity contribution in [2.24, 2.45) is 5.92 Å². The predicted molar refractivity (Wildman–Crippen MR) is 81.0 cm³/mol. The molecule has 2 N–H and O–H groups in total. The van der Waals surface area contributed by atoms with Crippen LogP contribution in [-0.4, -0.2) is 36.8 Å². The minimum Gasteiger partial charge on any atom is -0.391 e. The molecule has 1 amide bonds. The number of hydrogen-bond donors (Lipinski definition) is 2. The first-order valence-electron chi connectivity index (χ1n) is 7.50. The molecule has 0 aromatic heterocycles. The molecule has 4 nitrogen and oxygen atoms in total. The number of nitrogens with zero attached hydrogens (tertiary/aromatic N) is 1. The molecule has 0 saturated carbocycles. The van der Waals surface area contributed by atoms with Crippen LogP contribution in [0.25, 0.3) is 0 Å². The largest absolute Gasteiger partial charge is 0.391 e. The standard InChI is InChI=1S/C16H23FN2O2/c1-11(2)15(20)10-18-16(21)12-5-6-14(13(17)9-12)19-7-3-4-8-19/h5-6,9,11,15,20H,3-4,7-8,10H2,1-2H3,(H,18,21). The molecule has 1 atom stereocenters. The van der Waals surface area contributed by atoms with Gasteiger partial charge in [-0.25, -0.2) is 4.39 Å². The Balaban J connectivity index is 2.00. The molecule has 1 aliphatic heterocycles. The average Bonchev–Trinajstić information content (AvgIpc) is 2.97. The number of carbonyl (C=O) groups excluding carboxylic acids is 1. The van der Waals surface area contributed by atoms with Crippen molar-refractivity contribution in [3.63, 3.8) is 0 Å². The second kappa shape index (κ2) is 6.89. The third-order valence-corrected chi connectivity index (χ3v) is 3.90. The summed E-state index contributed by atoms with van der Waals surface area (Å²) in [7, 11) is 0.